The van der Waals surface area contributed by atoms with E-state index >= 15 is 0 Å². The summed E-state index contributed by atoms with van der Waals surface area (Å²) in [5, 5.41) is 7.07. The van der Waals surface area contributed by atoms with Crippen molar-refractivity contribution in [2.75, 3.05) is 6.54 Å². The lowest BCUT2D eigenvalue weighted by molar-refractivity contribution is 0.0595. The van der Waals surface area contributed by atoms with E-state index in [4.69, 9.17) is 0 Å². The smallest absolute Gasteiger partial charge is 0.270 e. The number of piperidine rings is 1. The van der Waals surface area contributed by atoms with E-state index in [0.717, 1.165) is 37.5 Å². The Morgan fingerprint density at radius 2 is 2.37 bits per heavy atom. The van der Waals surface area contributed by atoms with Gasteiger partial charge in [-0.1, -0.05) is 0 Å². The van der Waals surface area contributed by atoms with E-state index in [1.807, 2.05) is 17.9 Å². The molecule has 0 aromatic carbocycles. The first-order valence-corrected chi connectivity index (χ1v) is 6.59. The molecule has 0 bridgehead atoms. The third-order valence-electron chi connectivity index (χ3n) is 3.50. The van der Waals surface area contributed by atoms with Crippen molar-refractivity contribution in [3.05, 3.63) is 35.7 Å². The lowest BCUT2D eigenvalue weighted by atomic mass is 10.0. The lowest BCUT2D eigenvalue weighted by Gasteiger charge is -2.33. The number of hydrogen-bond donors (Lipinski definition) is 2. The number of nitrogens with zero attached hydrogens (tertiary/aromatic N) is 3. The molecule has 1 aliphatic rings. The van der Waals surface area contributed by atoms with Gasteiger partial charge in [0.25, 0.3) is 5.91 Å². The molecule has 1 fully saturated rings. The molecule has 0 aliphatic carbocycles. The Labute approximate surface area is 111 Å². The van der Waals surface area contributed by atoms with Gasteiger partial charge in [0, 0.05) is 12.7 Å². The topological polar surface area (TPSA) is 77.7 Å². The fourth-order valence-corrected chi connectivity index (χ4v) is 2.57. The molecule has 1 aliphatic heterocycles. The van der Waals surface area contributed by atoms with Crippen LogP contribution in [0.1, 0.15) is 47.4 Å². The van der Waals surface area contributed by atoms with E-state index in [-0.39, 0.29) is 11.9 Å². The molecule has 1 atom stereocenters. The highest BCUT2D eigenvalue weighted by Gasteiger charge is 2.31. The first kappa shape index (κ1) is 12.0. The van der Waals surface area contributed by atoms with Crippen LogP contribution in [0, 0.1) is 6.92 Å². The molecule has 100 valence electrons. The van der Waals surface area contributed by atoms with Gasteiger partial charge in [-0.15, -0.1) is 0 Å². The molecule has 1 amide bonds. The molecule has 1 saturated heterocycles. The molecule has 3 heterocycles. The van der Waals surface area contributed by atoms with Crippen LogP contribution in [-0.4, -0.2) is 37.5 Å². The number of aromatic amines is 2. The van der Waals surface area contributed by atoms with Crippen molar-refractivity contribution in [3.63, 3.8) is 0 Å². The maximum absolute atomic E-state index is 12.5. The Morgan fingerprint density at radius 3 is 3.05 bits per heavy atom. The minimum atomic E-state index is -0.0190. The Morgan fingerprint density at radius 1 is 1.47 bits per heavy atom. The molecule has 19 heavy (non-hydrogen) atoms. The summed E-state index contributed by atoms with van der Waals surface area (Å²) in [6, 6.07) is 3.62. The van der Waals surface area contributed by atoms with Gasteiger partial charge in [0.15, 0.2) is 5.82 Å². The third kappa shape index (κ3) is 2.25. The Balaban J connectivity index is 1.87. The first-order valence-electron chi connectivity index (χ1n) is 6.59. The quantitative estimate of drug-likeness (QED) is 0.863. The summed E-state index contributed by atoms with van der Waals surface area (Å²) < 4.78 is 0. The largest absolute Gasteiger partial charge is 0.357 e. The normalized spacial score (nSPS) is 19.6. The summed E-state index contributed by atoms with van der Waals surface area (Å²) in [5.41, 5.74) is 0.624. The van der Waals surface area contributed by atoms with Gasteiger partial charge in [-0.05, 0) is 38.3 Å². The molecular formula is C13H17N5O. The second-order valence-corrected chi connectivity index (χ2v) is 4.87. The van der Waals surface area contributed by atoms with Crippen LogP contribution in [0.2, 0.25) is 0 Å². The Hall–Kier alpha value is -2.11. The zero-order valence-electron chi connectivity index (χ0n) is 10.9. The van der Waals surface area contributed by atoms with Gasteiger partial charge in [0.1, 0.15) is 11.5 Å². The molecule has 2 aromatic heterocycles. The van der Waals surface area contributed by atoms with Gasteiger partial charge >= 0.3 is 0 Å². The van der Waals surface area contributed by atoms with Crippen molar-refractivity contribution in [2.45, 2.75) is 32.2 Å². The van der Waals surface area contributed by atoms with E-state index in [2.05, 4.69) is 20.2 Å². The van der Waals surface area contributed by atoms with E-state index < -0.39 is 0 Å². The van der Waals surface area contributed by atoms with Crippen LogP contribution in [0.25, 0.3) is 0 Å². The van der Waals surface area contributed by atoms with E-state index in [1.165, 1.54) is 0 Å². The van der Waals surface area contributed by atoms with Crippen LogP contribution in [0.3, 0.4) is 0 Å². The van der Waals surface area contributed by atoms with Gasteiger partial charge in [-0.25, -0.2) is 4.98 Å². The zero-order chi connectivity index (χ0) is 13.2. The lowest BCUT2D eigenvalue weighted by Crippen LogP contribution is -2.39. The Bertz CT molecular complexity index is 559. The number of rotatable bonds is 2. The second-order valence-electron chi connectivity index (χ2n) is 4.87. The van der Waals surface area contributed by atoms with Crippen molar-refractivity contribution in [2.24, 2.45) is 0 Å². The highest BCUT2D eigenvalue weighted by molar-refractivity contribution is 5.92. The predicted molar refractivity (Wildman–Crippen MR) is 69.5 cm³/mol. The van der Waals surface area contributed by atoms with Crippen LogP contribution in [0.15, 0.2) is 18.3 Å². The maximum Gasteiger partial charge on any atom is 0.270 e. The molecule has 0 saturated carbocycles. The fraction of sp³-hybridized carbons (Fsp3) is 0.462. The van der Waals surface area contributed by atoms with Crippen molar-refractivity contribution in [1.29, 1.82) is 0 Å². The number of likely N-dealkylation sites (tertiary alicyclic amines) is 1. The monoisotopic (exact) mass is 259 g/mol. The summed E-state index contributed by atoms with van der Waals surface area (Å²) in [4.78, 5) is 21.7. The van der Waals surface area contributed by atoms with E-state index in [1.54, 1.807) is 12.3 Å². The van der Waals surface area contributed by atoms with Crippen molar-refractivity contribution < 1.29 is 4.79 Å². The molecule has 6 heteroatoms. The number of aryl methyl sites for hydroxylation is 1. The summed E-state index contributed by atoms with van der Waals surface area (Å²) in [6.07, 6.45) is 4.83. The van der Waals surface area contributed by atoms with Crippen molar-refractivity contribution >= 4 is 5.91 Å². The number of amides is 1. The molecule has 1 unspecified atom stereocenters. The zero-order valence-corrected chi connectivity index (χ0v) is 10.9. The highest BCUT2D eigenvalue weighted by Crippen LogP contribution is 2.29. The minimum absolute atomic E-state index is 0.0190. The van der Waals surface area contributed by atoms with Crippen molar-refractivity contribution in [3.8, 4) is 0 Å². The van der Waals surface area contributed by atoms with Crippen LogP contribution in [0.4, 0.5) is 0 Å². The van der Waals surface area contributed by atoms with E-state index in [9.17, 15) is 4.79 Å². The SMILES string of the molecule is Cc1nc(C2CCCCN2C(=O)c2ccc[nH]2)n[nH]1. The summed E-state index contributed by atoms with van der Waals surface area (Å²) in [5.74, 6) is 1.53. The number of aromatic nitrogens is 4. The summed E-state index contributed by atoms with van der Waals surface area (Å²) >= 11 is 0. The fourth-order valence-electron chi connectivity index (χ4n) is 2.57. The number of hydrogen-bond acceptors (Lipinski definition) is 3. The third-order valence-corrected chi connectivity index (χ3v) is 3.50. The number of H-pyrrole nitrogens is 2. The maximum atomic E-state index is 12.5. The van der Waals surface area contributed by atoms with Gasteiger partial charge in [0.2, 0.25) is 0 Å². The van der Waals surface area contributed by atoms with Gasteiger partial charge in [-0.2, -0.15) is 5.10 Å². The number of nitrogens with one attached hydrogen (secondary N) is 2. The van der Waals surface area contributed by atoms with Crippen LogP contribution in [0.5, 0.6) is 0 Å². The average molecular weight is 259 g/mol. The summed E-state index contributed by atoms with van der Waals surface area (Å²) in [6.45, 7) is 2.63. The molecule has 3 rings (SSSR count). The molecule has 6 nitrogen and oxygen atoms in total. The minimum Gasteiger partial charge on any atom is -0.357 e. The molecule has 2 aromatic rings. The van der Waals surface area contributed by atoms with Gasteiger partial charge < -0.3 is 9.88 Å². The Kier molecular flexibility index (Phi) is 3.06. The van der Waals surface area contributed by atoms with Crippen LogP contribution < -0.4 is 0 Å². The van der Waals surface area contributed by atoms with Crippen molar-refractivity contribution in [1.82, 2.24) is 25.1 Å². The number of carbonyl (C=O) groups excluding carboxylic acids is 1. The first-order chi connectivity index (χ1) is 9.25. The van der Waals surface area contributed by atoms with E-state index in [0.29, 0.717) is 5.69 Å². The standard InChI is InChI=1S/C13H17N5O/c1-9-15-12(17-16-9)11-6-2-3-8-18(11)13(19)10-5-4-7-14-10/h4-5,7,11,14H,2-3,6,8H2,1H3,(H,15,16,17). The predicted octanol–water partition coefficient (Wildman–Crippen LogP) is 1.81. The molecule has 2 N–H and O–H groups in total. The summed E-state index contributed by atoms with van der Waals surface area (Å²) in [7, 11) is 0. The van der Waals surface area contributed by atoms with Gasteiger partial charge in [-0.3, -0.25) is 9.89 Å². The molecule has 0 spiro atoms. The average Bonchev–Trinajstić information content (AvgIpc) is 3.09. The van der Waals surface area contributed by atoms with Crippen LogP contribution in [-0.2, 0) is 0 Å². The van der Waals surface area contributed by atoms with Gasteiger partial charge in [0.05, 0.1) is 6.04 Å². The second kappa shape index (κ2) is 4.87. The molecular weight excluding hydrogens is 242 g/mol. The van der Waals surface area contributed by atoms with Crippen LogP contribution >= 0.6 is 0 Å². The number of carbonyl (C=O) groups is 1. The highest BCUT2D eigenvalue weighted by atomic mass is 16.2. The molecule has 0 radical (unpaired) electrons.